The summed E-state index contributed by atoms with van der Waals surface area (Å²) >= 11 is 6.11. The van der Waals surface area contributed by atoms with E-state index in [9.17, 15) is 9.59 Å². The number of nitrogens with one attached hydrogen (secondary N) is 2. The van der Waals surface area contributed by atoms with Crippen molar-refractivity contribution in [3.8, 4) is 0 Å². The molecule has 1 aliphatic rings. The van der Waals surface area contributed by atoms with E-state index in [4.69, 9.17) is 22.7 Å². The molecule has 8 heteroatoms. The Labute approximate surface area is 119 Å². The van der Waals surface area contributed by atoms with Gasteiger partial charge in [-0.15, -0.1) is 0 Å². The van der Waals surface area contributed by atoms with Crippen LogP contribution in [-0.2, 0) is 16.1 Å². The summed E-state index contributed by atoms with van der Waals surface area (Å²) in [7, 11) is 0. The summed E-state index contributed by atoms with van der Waals surface area (Å²) in [6.45, 7) is 1.21. The van der Waals surface area contributed by atoms with Gasteiger partial charge in [-0.1, -0.05) is 23.6 Å². The summed E-state index contributed by atoms with van der Waals surface area (Å²) in [6.07, 6.45) is 0.989. The highest BCUT2D eigenvalue weighted by Gasteiger charge is 2.42. The minimum absolute atomic E-state index is 0.139. The maximum Gasteiger partial charge on any atom is 0.304 e. The fourth-order valence-electron chi connectivity index (χ4n) is 2.05. The average molecular weight is 301 g/mol. The van der Waals surface area contributed by atoms with E-state index in [0.29, 0.717) is 31.7 Å². The van der Waals surface area contributed by atoms with Crippen molar-refractivity contribution in [1.82, 2.24) is 10.3 Å². The van der Waals surface area contributed by atoms with Crippen LogP contribution in [-0.4, -0.2) is 29.1 Å². The number of thiocarbonyl (C=S) groups is 1. The van der Waals surface area contributed by atoms with Gasteiger partial charge in [0.2, 0.25) is 5.91 Å². The van der Waals surface area contributed by atoms with Gasteiger partial charge in [-0.3, -0.25) is 9.59 Å². The zero-order valence-electron chi connectivity index (χ0n) is 10.2. The zero-order valence-corrected chi connectivity index (χ0v) is 11.9. The first-order valence-corrected chi connectivity index (χ1v) is 7.16. The van der Waals surface area contributed by atoms with Gasteiger partial charge in [0.05, 0.1) is 11.5 Å². The third-order valence-electron chi connectivity index (χ3n) is 3.26. The third kappa shape index (κ3) is 3.02. The number of aromatic nitrogens is 1. The number of H-pyrrole nitrogens is 1. The summed E-state index contributed by atoms with van der Waals surface area (Å²) in [5.74, 6) is -0.199. The van der Waals surface area contributed by atoms with Crippen LogP contribution in [0.1, 0.15) is 18.5 Å². The molecular weight excluding hydrogens is 286 g/mol. The number of hydrogen-bond acceptors (Lipinski definition) is 5. The number of hydrogen-bond donors (Lipinski definition) is 3. The lowest BCUT2D eigenvalue weighted by molar-refractivity contribution is -0.131. The molecule has 1 aliphatic heterocycles. The Bertz CT molecular complexity index is 531. The molecule has 0 bridgehead atoms. The van der Waals surface area contributed by atoms with Crippen LogP contribution in [0.15, 0.2) is 10.2 Å². The van der Waals surface area contributed by atoms with Gasteiger partial charge in [0.25, 0.3) is 0 Å². The highest BCUT2D eigenvalue weighted by Crippen LogP contribution is 2.31. The van der Waals surface area contributed by atoms with Crippen molar-refractivity contribution in [2.75, 3.05) is 13.2 Å². The monoisotopic (exact) mass is 301 g/mol. The molecule has 0 radical (unpaired) electrons. The molecule has 0 aliphatic carbocycles. The molecule has 0 saturated carbocycles. The Morgan fingerprint density at radius 1 is 1.58 bits per heavy atom. The summed E-state index contributed by atoms with van der Waals surface area (Å²) in [5, 5.41) is 4.46. The Morgan fingerprint density at radius 3 is 2.79 bits per heavy atom. The maximum atomic E-state index is 12.3. The molecule has 1 saturated heterocycles. The van der Waals surface area contributed by atoms with Gasteiger partial charge < -0.3 is 20.8 Å². The van der Waals surface area contributed by atoms with Crippen LogP contribution < -0.4 is 15.9 Å². The predicted molar refractivity (Wildman–Crippen MR) is 76.1 cm³/mol. The standard InChI is InChI=1S/C11H15N3O3S2/c12-8(18)11(1-3-17-4-2-11)9(15)13-5-7-6-19-10(16)14-7/h6H,1-5H2,(H2,12,18)(H,13,15)(H,14,16). The summed E-state index contributed by atoms with van der Waals surface area (Å²) in [5.41, 5.74) is 5.58. The molecule has 104 valence electrons. The number of aromatic amines is 1. The first kappa shape index (κ1) is 14.2. The first-order chi connectivity index (χ1) is 9.04. The van der Waals surface area contributed by atoms with E-state index in [0.717, 1.165) is 11.3 Å². The summed E-state index contributed by atoms with van der Waals surface area (Å²) < 4.78 is 5.25. The second-order valence-corrected chi connectivity index (χ2v) is 5.70. The predicted octanol–water partition coefficient (Wildman–Crippen LogP) is 0.135. The largest absolute Gasteiger partial charge is 0.392 e. The molecule has 1 aromatic rings. The molecule has 19 heavy (non-hydrogen) atoms. The van der Waals surface area contributed by atoms with Gasteiger partial charge in [0.15, 0.2) is 0 Å². The minimum atomic E-state index is -0.829. The van der Waals surface area contributed by atoms with E-state index in [2.05, 4.69) is 10.3 Å². The van der Waals surface area contributed by atoms with E-state index in [-0.39, 0.29) is 22.3 Å². The van der Waals surface area contributed by atoms with Crippen LogP contribution in [0.4, 0.5) is 0 Å². The molecule has 0 spiro atoms. The molecule has 1 aromatic heterocycles. The van der Waals surface area contributed by atoms with Gasteiger partial charge in [0, 0.05) is 24.3 Å². The SMILES string of the molecule is NC(=S)C1(C(=O)NCc2csc(=O)[nH]2)CCOCC1. The van der Waals surface area contributed by atoms with Crippen molar-refractivity contribution in [3.63, 3.8) is 0 Å². The van der Waals surface area contributed by atoms with E-state index in [1.54, 1.807) is 5.38 Å². The van der Waals surface area contributed by atoms with Gasteiger partial charge >= 0.3 is 4.87 Å². The highest BCUT2D eigenvalue weighted by molar-refractivity contribution is 7.80. The lowest BCUT2D eigenvalue weighted by atomic mass is 9.79. The Balaban J connectivity index is 2.04. The smallest absolute Gasteiger partial charge is 0.304 e. The van der Waals surface area contributed by atoms with E-state index in [1.165, 1.54) is 0 Å². The molecule has 4 N–H and O–H groups in total. The fraction of sp³-hybridized carbons (Fsp3) is 0.545. The topological polar surface area (TPSA) is 97.2 Å². The lowest BCUT2D eigenvalue weighted by Gasteiger charge is -2.34. The second kappa shape index (κ2) is 5.81. The number of carbonyl (C=O) groups is 1. The number of rotatable bonds is 4. The van der Waals surface area contributed by atoms with Crippen molar-refractivity contribution < 1.29 is 9.53 Å². The van der Waals surface area contributed by atoms with Crippen LogP contribution in [0.2, 0.25) is 0 Å². The molecule has 2 heterocycles. The van der Waals surface area contributed by atoms with Crippen molar-refractivity contribution in [2.24, 2.45) is 11.1 Å². The number of carbonyl (C=O) groups excluding carboxylic acids is 1. The Kier molecular flexibility index (Phi) is 4.33. The van der Waals surface area contributed by atoms with Crippen LogP contribution >= 0.6 is 23.6 Å². The van der Waals surface area contributed by atoms with Crippen LogP contribution in [0.3, 0.4) is 0 Å². The van der Waals surface area contributed by atoms with Crippen molar-refractivity contribution >= 4 is 34.5 Å². The summed E-state index contributed by atoms with van der Waals surface area (Å²) in [6, 6.07) is 0. The number of amides is 1. The molecule has 2 rings (SSSR count). The van der Waals surface area contributed by atoms with E-state index < -0.39 is 5.41 Å². The summed E-state index contributed by atoms with van der Waals surface area (Å²) in [4.78, 5) is 26.0. The quantitative estimate of drug-likeness (QED) is 0.687. The fourth-order valence-corrected chi connectivity index (χ4v) is 2.93. The minimum Gasteiger partial charge on any atom is -0.392 e. The Hall–Kier alpha value is -1.25. The average Bonchev–Trinajstić information content (AvgIpc) is 2.82. The number of thiazole rings is 1. The third-order valence-corrected chi connectivity index (χ3v) is 4.37. The maximum absolute atomic E-state index is 12.3. The number of ether oxygens (including phenoxy) is 1. The molecule has 6 nitrogen and oxygen atoms in total. The molecule has 0 atom stereocenters. The van der Waals surface area contributed by atoms with E-state index >= 15 is 0 Å². The normalized spacial score (nSPS) is 17.9. The molecule has 0 aromatic carbocycles. The molecule has 0 unspecified atom stereocenters. The lowest BCUT2D eigenvalue weighted by Crippen LogP contribution is -2.51. The van der Waals surface area contributed by atoms with Crippen molar-refractivity contribution in [1.29, 1.82) is 0 Å². The highest BCUT2D eigenvalue weighted by atomic mass is 32.1. The van der Waals surface area contributed by atoms with Gasteiger partial charge in [-0.05, 0) is 12.8 Å². The van der Waals surface area contributed by atoms with Crippen molar-refractivity contribution in [2.45, 2.75) is 19.4 Å². The Morgan fingerprint density at radius 2 is 2.26 bits per heavy atom. The van der Waals surface area contributed by atoms with Crippen LogP contribution in [0, 0.1) is 5.41 Å². The molecule has 1 amide bonds. The molecular formula is C11H15N3O3S2. The zero-order chi connectivity index (χ0) is 13.9. The number of nitrogens with two attached hydrogens (primary N) is 1. The van der Waals surface area contributed by atoms with E-state index in [1.807, 2.05) is 0 Å². The first-order valence-electron chi connectivity index (χ1n) is 5.87. The van der Waals surface area contributed by atoms with Gasteiger partial charge in [-0.25, -0.2) is 0 Å². The van der Waals surface area contributed by atoms with Crippen molar-refractivity contribution in [3.05, 3.63) is 20.7 Å². The van der Waals surface area contributed by atoms with Gasteiger partial charge in [0.1, 0.15) is 5.41 Å². The van der Waals surface area contributed by atoms with Gasteiger partial charge in [-0.2, -0.15) is 0 Å². The van der Waals surface area contributed by atoms with Crippen LogP contribution in [0.25, 0.3) is 0 Å². The van der Waals surface area contributed by atoms with Crippen LogP contribution in [0.5, 0.6) is 0 Å². The second-order valence-electron chi connectivity index (χ2n) is 4.41. The molecule has 1 fully saturated rings.